The molecule has 158 valence electrons. The Balaban J connectivity index is 1.52. The average Bonchev–Trinajstić information content (AvgIpc) is 3.20. The fourth-order valence-electron chi connectivity index (χ4n) is 3.89. The van der Waals surface area contributed by atoms with Crippen molar-refractivity contribution in [1.82, 2.24) is 14.5 Å². The summed E-state index contributed by atoms with van der Waals surface area (Å²) in [5.74, 6) is 0.275. The molecule has 0 spiro atoms. The molecule has 0 amide bonds. The van der Waals surface area contributed by atoms with Gasteiger partial charge in [-0.25, -0.2) is 14.8 Å². The first kappa shape index (κ1) is 20.3. The molecule has 2 aromatic heterocycles. The Morgan fingerprint density at radius 2 is 1.72 bits per heavy atom. The summed E-state index contributed by atoms with van der Waals surface area (Å²) in [6.07, 6.45) is 1.80. The number of carbonyl (C=O) groups is 1. The maximum absolute atomic E-state index is 12.2. The number of methoxy groups -OCH3 is 1. The molecule has 0 aliphatic carbocycles. The zero-order valence-electron chi connectivity index (χ0n) is 17.6. The number of fused-ring (bicyclic) bond motifs is 2. The molecule has 5 nitrogen and oxygen atoms in total. The molecule has 0 fully saturated rings. The third-order valence-electron chi connectivity index (χ3n) is 5.46. The molecule has 2 heterocycles. The van der Waals surface area contributed by atoms with Gasteiger partial charge in [0.25, 0.3) is 0 Å². The molecule has 0 bridgehead atoms. The van der Waals surface area contributed by atoms with E-state index in [2.05, 4.69) is 52.0 Å². The smallest absolute Gasteiger partial charge is 0.338 e. The highest BCUT2D eigenvalue weighted by Gasteiger charge is 2.16. The number of rotatable bonds is 6. The predicted molar refractivity (Wildman–Crippen MR) is 128 cm³/mol. The summed E-state index contributed by atoms with van der Waals surface area (Å²) in [4.78, 5) is 21.6. The Hall–Kier alpha value is -3.64. The quantitative estimate of drug-likeness (QED) is 0.250. The summed E-state index contributed by atoms with van der Waals surface area (Å²) >= 11 is 1.60. The lowest BCUT2D eigenvalue weighted by Gasteiger charge is -2.12. The second-order valence-electron chi connectivity index (χ2n) is 7.40. The topological polar surface area (TPSA) is 57.0 Å². The van der Waals surface area contributed by atoms with Crippen LogP contribution in [-0.2, 0) is 17.0 Å². The first-order chi connectivity index (χ1) is 15.7. The van der Waals surface area contributed by atoms with Crippen LogP contribution >= 0.6 is 11.8 Å². The highest BCUT2D eigenvalue weighted by atomic mass is 32.2. The molecule has 5 rings (SSSR count). The number of esters is 1. The highest BCUT2D eigenvalue weighted by molar-refractivity contribution is 7.98. The predicted octanol–water partition coefficient (Wildman–Crippen LogP) is 5.71. The molecular formula is C26H21N3O2S. The second kappa shape index (κ2) is 8.85. The molecule has 0 radical (unpaired) electrons. The van der Waals surface area contributed by atoms with Crippen molar-refractivity contribution in [2.45, 2.75) is 17.5 Å². The number of hydrogen-bond donors (Lipinski definition) is 0. The number of benzene rings is 3. The molecule has 0 saturated heterocycles. The molecule has 0 saturated carbocycles. The van der Waals surface area contributed by atoms with E-state index in [-0.39, 0.29) is 5.97 Å². The summed E-state index contributed by atoms with van der Waals surface area (Å²) in [5.41, 5.74) is 4.42. The number of aromatic nitrogens is 3. The number of thioether (sulfide) groups is 1. The Labute approximate surface area is 190 Å². The van der Waals surface area contributed by atoms with Crippen molar-refractivity contribution in [2.75, 3.05) is 7.11 Å². The van der Waals surface area contributed by atoms with Gasteiger partial charge in [0.05, 0.1) is 19.2 Å². The van der Waals surface area contributed by atoms with E-state index in [1.165, 1.54) is 23.4 Å². The van der Waals surface area contributed by atoms with E-state index in [0.717, 1.165) is 21.9 Å². The van der Waals surface area contributed by atoms with Gasteiger partial charge in [0, 0.05) is 11.9 Å². The van der Waals surface area contributed by atoms with E-state index >= 15 is 0 Å². The average molecular weight is 440 g/mol. The summed E-state index contributed by atoms with van der Waals surface area (Å²) in [5, 5.41) is 3.30. The maximum atomic E-state index is 12.2. The fourth-order valence-corrected chi connectivity index (χ4v) is 4.89. The lowest BCUT2D eigenvalue weighted by Crippen LogP contribution is -2.06. The van der Waals surface area contributed by atoms with Crippen LogP contribution in [0.1, 0.15) is 21.5 Å². The maximum Gasteiger partial charge on any atom is 0.338 e. The molecule has 0 unspecified atom stereocenters. The number of pyridine rings is 1. The first-order valence-corrected chi connectivity index (χ1v) is 11.3. The van der Waals surface area contributed by atoms with Crippen LogP contribution in [0.5, 0.6) is 0 Å². The number of imidazole rings is 1. The first-order valence-electron chi connectivity index (χ1n) is 10.3. The van der Waals surface area contributed by atoms with Crippen molar-refractivity contribution in [3.8, 4) is 0 Å². The molecule has 0 aliphatic heterocycles. The standard InChI is InChI=1S/C26H21N3O2S/c1-31-25(30)22-13-5-3-9-20(22)17-32-26-28-23-14-7-15-27-24(23)29(26)16-19-11-6-10-18-8-2-4-12-21(18)19/h2-15H,16-17H2,1H3. The Bertz CT molecular complexity index is 1420. The summed E-state index contributed by atoms with van der Waals surface area (Å²) in [6, 6.07) is 26.2. The van der Waals surface area contributed by atoms with Crippen LogP contribution in [-0.4, -0.2) is 27.6 Å². The van der Waals surface area contributed by atoms with Gasteiger partial charge < -0.3 is 4.74 Å². The van der Waals surface area contributed by atoms with Crippen LogP contribution in [0.3, 0.4) is 0 Å². The molecule has 0 N–H and O–H groups in total. The van der Waals surface area contributed by atoms with Crippen LogP contribution in [0.4, 0.5) is 0 Å². The lowest BCUT2D eigenvalue weighted by molar-refractivity contribution is 0.0600. The van der Waals surface area contributed by atoms with Crippen LogP contribution < -0.4 is 0 Å². The van der Waals surface area contributed by atoms with Crippen molar-refractivity contribution >= 4 is 39.7 Å². The van der Waals surface area contributed by atoms with Gasteiger partial charge in [0.1, 0.15) is 5.52 Å². The van der Waals surface area contributed by atoms with Crippen LogP contribution in [0.15, 0.2) is 90.2 Å². The van der Waals surface area contributed by atoms with Crippen LogP contribution in [0.2, 0.25) is 0 Å². The minimum absolute atomic E-state index is 0.327. The van der Waals surface area contributed by atoms with Gasteiger partial charge in [0.2, 0.25) is 0 Å². The van der Waals surface area contributed by atoms with Crippen molar-refractivity contribution in [3.63, 3.8) is 0 Å². The van der Waals surface area contributed by atoms with Gasteiger partial charge in [-0.05, 0) is 40.1 Å². The van der Waals surface area contributed by atoms with Gasteiger partial charge in [-0.3, -0.25) is 4.57 Å². The third kappa shape index (κ3) is 3.85. The van der Waals surface area contributed by atoms with Crippen molar-refractivity contribution in [3.05, 3.63) is 102 Å². The number of hydrogen-bond acceptors (Lipinski definition) is 5. The number of nitrogens with zero attached hydrogens (tertiary/aromatic N) is 3. The Kier molecular flexibility index (Phi) is 5.60. The largest absolute Gasteiger partial charge is 0.465 e. The van der Waals surface area contributed by atoms with Gasteiger partial charge in [-0.2, -0.15) is 0 Å². The van der Waals surface area contributed by atoms with E-state index in [1.807, 2.05) is 30.3 Å². The van der Waals surface area contributed by atoms with Crippen molar-refractivity contribution < 1.29 is 9.53 Å². The highest BCUT2D eigenvalue weighted by Crippen LogP contribution is 2.29. The van der Waals surface area contributed by atoms with Gasteiger partial charge >= 0.3 is 5.97 Å². The van der Waals surface area contributed by atoms with Crippen LogP contribution in [0, 0.1) is 0 Å². The zero-order chi connectivity index (χ0) is 21.9. The Morgan fingerprint density at radius 1 is 0.938 bits per heavy atom. The zero-order valence-corrected chi connectivity index (χ0v) is 18.4. The molecule has 3 aromatic carbocycles. The SMILES string of the molecule is COC(=O)c1ccccc1CSc1nc2cccnc2n1Cc1cccc2ccccc12. The summed E-state index contributed by atoms with van der Waals surface area (Å²) in [7, 11) is 1.40. The van der Waals surface area contributed by atoms with Gasteiger partial charge in [-0.15, -0.1) is 0 Å². The molecular weight excluding hydrogens is 418 g/mol. The van der Waals surface area contributed by atoms with E-state index in [9.17, 15) is 4.79 Å². The molecule has 0 aliphatic rings. The van der Waals surface area contributed by atoms with E-state index in [1.54, 1.807) is 24.0 Å². The second-order valence-corrected chi connectivity index (χ2v) is 8.34. The van der Waals surface area contributed by atoms with E-state index in [4.69, 9.17) is 9.72 Å². The summed E-state index contributed by atoms with van der Waals surface area (Å²) < 4.78 is 7.10. The lowest BCUT2D eigenvalue weighted by atomic mass is 10.0. The van der Waals surface area contributed by atoms with Crippen molar-refractivity contribution in [2.24, 2.45) is 0 Å². The number of carbonyl (C=O) groups excluding carboxylic acids is 1. The fraction of sp³-hybridized carbons (Fsp3) is 0.115. The molecule has 32 heavy (non-hydrogen) atoms. The minimum atomic E-state index is -0.327. The minimum Gasteiger partial charge on any atom is -0.465 e. The third-order valence-corrected chi connectivity index (χ3v) is 6.48. The van der Waals surface area contributed by atoms with Gasteiger partial charge in [0.15, 0.2) is 10.8 Å². The van der Waals surface area contributed by atoms with Crippen molar-refractivity contribution in [1.29, 1.82) is 0 Å². The molecule has 6 heteroatoms. The number of ether oxygens (including phenoxy) is 1. The Morgan fingerprint density at radius 3 is 2.62 bits per heavy atom. The molecule has 5 aromatic rings. The summed E-state index contributed by atoms with van der Waals surface area (Å²) in [6.45, 7) is 0.663. The van der Waals surface area contributed by atoms with E-state index in [0.29, 0.717) is 17.9 Å². The van der Waals surface area contributed by atoms with E-state index < -0.39 is 0 Å². The normalized spacial score (nSPS) is 11.2. The van der Waals surface area contributed by atoms with Gasteiger partial charge in [-0.1, -0.05) is 72.4 Å². The monoisotopic (exact) mass is 439 g/mol. The van der Waals surface area contributed by atoms with Crippen LogP contribution in [0.25, 0.3) is 21.9 Å². The molecule has 0 atom stereocenters.